The summed E-state index contributed by atoms with van der Waals surface area (Å²) < 4.78 is 58.4. The van der Waals surface area contributed by atoms with E-state index in [1.807, 2.05) is 104 Å². The molecule has 0 unspecified atom stereocenters. The zero-order chi connectivity index (χ0) is 41.2. The Balaban J connectivity index is 1.42. The molecule has 7 aromatic rings. The van der Waals surface area contributed by atoms with E-state index in [0.29, 0.717) is 17.6 Å². The third kappa shape index (κ3) is 7.56. The molecule has 1 heterocycles. The molecule has 1 aromatic heterocycles. The number of aromatic nitrogens is 2. The maximum atomic E-state index is 14.3. The van der Waals surface area contributed by atoms with E-state index in [1.54, 1.807) is 22.9 Å². The molecule has 296 valence electrons. The van der Waals surface area contributed by atoms with Gasteiger partial charge in [-0.2, -0.15) is 5.10 Å². The number of likely N-dealkylation sites (N-methyl/N-ethyl adjacent to an activating group) is 2. The first-order valence-electron chi connectivity index (χ1n) is 18.8. The Morgan fingerprint density at radius 3 is 1.81 bits per heavy atom. The maximum Gasteiger partial charge on any atom is 0.258 e. The van der Waals surface area contributed by atoms with Crippen LogP contribution < -0.4 is 16.0 Å². The molecule has 6 aromatic carbocycles. The van der Waals surface area contributed by atoms with Gasteiger partial charge in [0.05, 0.1) is 20.9 Å². The van der Waals surface area contributed by atoms with Crippen LogP contribution in [-0.2, 0) is 15.4 Å². The highest BCUT2D eigenvalue weighted by Gasteiger charge is 2.41. The van der Waals surface area contributed by atoms with E-state index in [-0.39, 0.29) is 27.4 Å². The van der Waals surface area contributed by atoms with Crippen molar-refractivity contribution in [3.63, 3.8) is 0 Å². The second-order valence-electron chi connectivity index (χ2n) is 14.6. The Morgan fingerprint density at radius 2 is 1.29 bits per heavy atom. The quantitative estimate of drug-likeness (QED) is 0.0888. The molecule has 0 aliphatic rings. The summed E-state index contributed by atoms with van der Waals surface area (Å²) in [4.78, 5) is 17.7. The van der Waals surface area contributed by atoms with Crippen LogP contribution >= 0.6 is 0 Å². The first-order valence-corrected chi connectivity index (χ1v) is 20.3. The molecule has 0 aliphatic carbocycles. The van der Waals surface area contributed by atoms with Gasteiger partial charge in [0, 0.05) is 49.0 Å². The average molecular weight is 799 g/mol. The van der Waals surface area contributed by atoms with Gasteiger partial charge in [0.1, 0.15) is 17.2 Å². The summed E-state index contributed by atoms with van der Waals surface area (Å²) in [5.74, 6) is -2.58. The van der Waals surface area contributed by atoms with Crippen LogP contribution in [-0.4, -0.2) is 62.2 Å². The lowest BCUT2D eigenvalue weighted by atomic mass is 9.77. The molecule has 0 saturated heterocycles. The number of carbonyl (C=O) groups excluding carboxylic acids is 1. The third-order valence-electron chi connectivity index (χ3n) is 10.6. The number of nitrogen functional groups attached to an aromatic ring is 1. The topological polar surface area (TPSA) is 114 Å². The van der Waals surface area contributed by atoms with Crippen molar-refractivity contribution in [1.82, 2.24) is 14.7 Å². The molecule has 0 radical (unpaired) electrons. The van der Waals surface area contributed by atoms with Crippen LogP contribution in [0.15, 0.2) is 155 Å². The van der Waals surface area contributed by atoms with E-state index >= 15 is 0 Å². The van der Waals surface area contributed by atoms with Crippen LogP contribution in [0.2, 0.25) is 0 Å². The molecule has 12 heteroatoms. The Kier molecular flexibility index (Phi) is 11.2. The van der Waals surface area contributed by atoms with Gasteiger partial charge in [-0.15, -0.1) is 0 Å². The summed E-state index contributed by atoms with van der Waals surface area (Å²) in [7, 11) is -0.422. The molecule has 58 heavy (non-hydrogen) atoms. The van der Waals surface area contributed by atoms with E-state index in [9.17, 15) is 22.0 Å². The van der Waals surface area contributed by atoms with E-state index < -0.39 is 37.8 Å². The summed E-state index contributed by atoms with van der Waals surface area (Å²) in [6.07, 6.45) is 0. The van der Waals surface area contributed by atoms with Crippen LogP contribution in [0.3, 0.4) is 0 Å². The van der Waals surface area contributed by atoms with E-state index in [4.69, 9.17) is 10.8 Å². The van der Waals surface area contributed by atoms with E-state index in [0.717, 1.165) is 47.6 Å². The van der Waals surface area contributed by atoms with Gasteiger partial charge in [0.25, 0.3) is 5.91 Å². The number of hydrogen-bond acceptors (Lipinski definition) is 7. The van der Waals surface area contributed by atoms with Crippen LogP contribution in [0.5, 0.6) is 0 Å². The SMILES string of the molecule is CC(C)N(C)CCN(C)c1ccc(C(=O)Nc2nn(C(c3ccccc3)(c3ccccc3)c3ccccc3)c3ccc(S(=O)(=O)c4cc(F)cc(F)c4)cc23)c(N)c1. The maximum absolute atomic E-state index is 14.3. The number of benzene rings is 6. The van der Waals surface area contributed by atoms with Crippen molar-refractivity contribution in [2.24, 2.45) is 0 Å². The van der Waals surface area contributed by atoms with Crippen molar-refractivity contribution < 1.29 is 22.0 Å². The van der Waals surface area contributed by atoms with Gasteiger partial charge in [0.2, 0.25) is 9.84 Å². The zero-order valence-electron chi connectivity index (χ0n) is 32.6. The standard InChI is InChI=1S/C46H44F2N6O3S/c1-31(2)52(3)24-25-53(4)37-20-22-40(42(49)29-37)45(55)50-44-41-30-38(58(56,57)39-27-35(47)26-36(48)28-39)21-23-43(41)54(51-44)46(32-14-8-5-9-15-32,33-16-10-6-11-17-33)34-18-12-7-13-19-34/h5-23,26-31H,24-25,49H2,1-4H3,(H,50,51,55). The lowest BCUT2D eigenvalue weighted by molar-refractivity contribution is 0.102. The van der Waals surface area contributed by atoms with Crippen molar-refractivity contribution >= 4 is 43.8 Å². The fourth-order valence-electron chi connectivity index (χ4n) is 7.20. The highest BCUT2D eigenvalue weighted by atomic mass is 32.2. The number of nitrogens with zero attached hydrogens (tertiary/aromatic N) is 4. The fourth-order valence-corrected chi connectivity index (χ4v) is 8.53. The lowest BCUT2D eigenvalue weighted by Crippen LogP contribution is -2.38. The second-order valence-corrected chi connectivity index (χ2v) is 16.5. The molecule has 0 spiro atoms. The van der Waals surface area contributed by atoms with Crippen LogP contribution in [0.25, 0.3) is 10.9 Å². The summed E-state index contributed by atoms with van der Waals surface area (Å²) in [6, 6.07) is 41.4. The van der Waals surface area contributed by atoms with Crippen LogP contribution in [0, 0.1) is 11.6 Å². The highest BCUT2D eigenvalue weighted by Crippen LogP contribution is 2.44. The number of fused-ring (bicyclic) bond motifs is 1. The molecule has 3 N–H and O–H groups in total. The summed E-state index contributed by atoms with van der Waals surface area (Å²) in [6.45, 7) is 5.83. The van der Waals surface area contributed by atoms with Gasteiger partial charge in [0.15, 0.2) is 5.82 Å². The van der Waals surface area contributed by atoms with Crippen molar-refractivity contribution in [3.8, 4) is 0 Å². The predicted molar refractivity (Wildman–Crippen MR) is 226 cm³/mol. The minimum Gasteiger partial charge on any atom is -0.398 e. The molecule has 0 fully saturated rings. The Morgan fingerprint density at radius 1 is 0.741 bits per heavy atom. The molecule has 0 bridgehead atoms. The van der Waals surface area contributed by atoms with Crippen molar-refractivity contribution in [2.45, 2.75) is 35.2 Å². The number of sulfone groups is 1. The van der Waals surface area contributed by atoms with Gasteiger partial charge < -0.3 is 20.9 Å². The largest absolute Gasteiger partial charge is 0.398 e. The van der Waals surface area contributed by atoms with E-state index in [2.05, 4.69) is 36.0 Å². The van der Waals surface area contributed by atoms with Gasteiger partial charge in [-0.3, -0.25) is 4.79 Å². The highest BCUT2D eigenvalue weighted by molar-refractivity contribution is 7.91. The first-order chi connectivity index (χ1) is 27.8. The summed E-state index contributed by atoms with van der Waals surface area (Å²) in [5.41, 5.74) is 9.64. The van der Waals surface area contributed by atoms with Crippen LogP contribution in [0.1, 0.15) is 40.9 Å². The molecular formula is C46H44F2N6O3S. The number of carbonyl (C=O) groups is 1. The molecule has 7 rings (SSSR count). The number of anilines is 3. The summed E-state index contributed by atoms with van der Waals surface area (Å²) >= 11 is 0. The lowest BCUT2D eigenvalue weighted by Gasteiger charge is -2.37. The molecule has 0 atom stereocenters. The minimum atomic E-state index is -4.45. The van der Waals surface area contributed by atoms with Gasteiger partial charge in [-0.05, 0) is 86.1 Å². The second kappa shape index (κ2) is 16.2. The number of hydrogen-bond donors (Lipinski definition) is 2. The molecular weight excluding hydrogens is 755 g/mol. The van der Waals surface area contributed by atoms with Crippen LogP contribution in [0.4, 0.5) is 26.0 Å². The molecule has 0 aliphatic heterocycles. The normalized spacial score (nSPS) is 12.0. The predicted octanol–water partition coefficient (Wildman–Crippen LogP) is 8.60. The Labute approximate surface area is 337 Å². The number of rotatable bonds is 13. The number of halogens is 2. The average Bonchev–Trinajstić information content (AvgIpc) is 3.58. The zero-order valence-corrected chi connectivity index (χ0v) is 33.4. The number of nitrogens with two attached hydrogens (primary N) is 1. The van der Waals surface area contributed by atoms with Gasteiger partial charge in [-0.25, -0.2) is 21.9 Å². The Hall–Kier alpha value is -6.37. The van der Waals surface area contributed by atoms with E-state index in [1.165, 1.54) is 12.1 Å². The molecule has 9 nitrogen and oxygen atoms in total. The van der Waals surface area contributed by atoms with Crippen molar-refractivity contribution in [1.29, 1.82) is 0 Å². The molecule has 0 saturated carbocycles. The first kappa shape index (κ1) is 39.8. The third-order valence-corrected chi connectivity index (χ3v) is 12.4. The number of amides is 1. The van der Waals surface area contributed by atoms with Crippen molar-refractivity contribution in [3.05, 3.63) is 179 Å². The summed E-state index contributed by atoms with van der Waals surface area (Å²) in [5, 5.41) is 8.33. The Bertz CT molecular complexity index is 2570. The van der Waals surface area contributed by atoms with Gasteiger partial charge in [-0.1, -0.05) is 91.0 Å². The minimum absolute atomic E-state index is 0.0481. The van der Waals surface area contributed by atoms with Crippen molar-refractivity contribution in [2.75, 3.05) is 43.1 Å². The number of nitrogens with one attached hydrogen (secondary N) is 1. The smallest absolute Gasteiger partial charge is 0.258 e. The van der Waals surface area contributed by atoms with Gasteiger partial charge >= 0.3 is 0 Å². The molecule has 1 amide bonds. The fraction of sp³-hybridized carbons (Fsp3) is 0.174. The monoisotopic (exact) mass is 798 g/mol.